The number of halogens is 1. The highest BCUT2D eigenvalue weighted by molar-refractivity contribution is 7.16. The van der Waals surface area contributed by atoms with Crippen molar-refractivity contribution in [1.29, 1.82) is 0 Å². The SMILES string of the molecule is Cc1ccc(C(=O)Nc2cc(C(=O)O)sc2Oc2cccc(Cl)c2)cc1. The molecular weight excluding hydrogens is 374 g/mol. The first-order valence-electron chi connectivity index (χ1n) is 7.61. The fourth-order valence-electron chi connectivity index (χ4n) is 2.18. The normalized spacial score (nSPS) is 10.4. The summed E-state index contributed by atoms with van der Waals surface area (Å²) in [5.74, 6) is -1.00. The third-order valence-electron chi connectivity index (χ3n) is 3.48. The summed E-state index contributed by atoms with van der Waals surface area (Å²) in [5.41, 5.74) is 1.79. The molecule has 1 amide bonds. The molecule has 1 aromatic heterocycles. The highest BCUT2D eigenvalue weighted by Crippen LogP contribution is 2.39. The number of carbonyl (C=O) groups is 2. The summed E-state index contributed by atoms with van der Waals surface area (Å²) in [6.07, 6.45) is 0. The van der Waals surface area contributed by atoms with Gasteiger partial charge in [0, 0.05) is 10.6 Å². The van der Waals surface area contributed by atoms with Crippen LogP contribution in [0.25, 0.3) is 0 Å². The lowest BCUT2D eigenvalue weighted by molar-refractivity contribution is 0.0702. The van der Waals surface area contributed by atoms with E-state index in [9.17, 15) is 14.7 Å². The second-order valence-corrected chi connectivity index (χ2v) is 6.95. The topological polar surface area (TPSA) is 75.6 Å². The zero-order chi connectivity index (χ0) is 18.7. The predicted molar refractivity (Wildman–Crippen MR) is 102 cm³/mol. The van der Waals surface area contributed by atoms with Gasteiger partial charge in [-0.05, 0) is 43.3 Å². The third-order valence-corrected chi connectivity index (χ3v) is 4.71. The van der Waals surface area contributed by atoms with E-state index in [4.69, 9.17) is 16.3 Å². The molecule has 0 radical (unpaired) electrons. The number of benzene rings is 2. The van der Waals surface area contributed by atoms with Crippen LogP contribution in [-0.4, -0.2) is 17.0 Å². The van der Waals surface area contributed by atoms with E-state index < -0.39 is 5.97 Å². The first-order valence-corrected chi connectivity index (χ1v) is 8.80. The van der Waals surface area contributed by atoms with E-state index in [0.717, 1.165) is 16.9 Å². The third kappa shape index (κ3) is 4.22. The Balaban J connectivity index is 1.88. The van der Waals surface area contributed by atoms with Crippen LogP contribution in [-0.2, 0) is 0 Å². The molecule has 0 aliphatic rings. The van der Waals surface area contributed by atoms with Gasteiger partial charge in [-0.15, -0.1) is 0 Å². The Labute approximate surface area is 158 Å². The molecule has 5 nitrogen and oxygen atoms in total. The number of ether oxygens (including phenoxy) is 1. The van der Waals surface area contributed by atoms with Crippen LogP contribution in [0.3, 0.4) is 0 Å². The van der Waals surface area contributed by atoms with Crippen molar-refractivity contribution in [2.45, 2.75) is 6.92 Å². The van der Waals surface area contributed by atoms with E-state index in [-0.39, 0.29) is 21.5 Å². The molecule has 0 aliphatic carbocycles. The van der Waals surface area contributed by atoms with E-state index in [2.05, 4.69) is 5.32 Å². The predicted octanol–water partition coefficient (Wildman–Crippen LogP) is 5.45. The van der Waals surface area contributed by atoms with Crippen LogP contribution in [0.5, 0.6) is 10.8 Å². The number of rotatable bonds is 5. The molecule has 2 aromatic carbocycles. The lowest BCUT2D eigenvalue weighted by Crippen LogP contribution is -2.11. The molecule has 0 fully saturated rings. The van der Waals surface area contributed by atoms with Crippen LogP contribution in [0.4, 0.5) is 5.69 Å². The van der Waals surface area contributed by atoms with E-state index in [0.29, 0.717) is 16.3 Å². The molecule has 7 heteroatoms. The maximum Gasteiger partial charge on any atom is 0.346 e. The Hall–Kier alpha value is -2.83. The van der Waals surface area contributed by atoms with E-state index in [1.54, 1.807) is 36.4 Å². The Kier molecular flexibility index (Phi) is 5.25. The lowest BCUT2D eigenvalue weighted by Gasteiger charge is -2.08. The summed E-state index contributed by atoms with van der Waals surface area (Å²) >= 11 is 6.87. The monoisotopic (exact) mass is 387 g/mol. The maximum absolute atomic E-state index is 12.4. The molecule has 26 heavy (non-hydrogen) atoms. The fraction of sp³-hybridized carbons (Fsp3) is 0.0526. The number of carboxylic acid groups (broad SMARTS) is 1. The van der Waals surface area contributed by atoms with E-state index in [1.807, 2.05) is 19.1 Å². The van der Waals surface area contributed by atoms with Gasteiger partial charge in [0.05, 0.1) is 5.69 Å². The smallest absolute Gasteiger partial charge is 0.346 e. The number of hydrogen-bond donors (Lipinski definition) is 2. The number of carbonyl (C=O) groups excluding carboxylic acids is 1. The van der Waals surface area contributed by atoms with Gasteiger partial charge in [0.25, 0.3) is 5.91 Å². The first kappa shape index (κ1) is 18.0. The summed E-state index contributed by atoms with van der Waals surface area (Å²) in [7, 11) is 0. The average molecular weight is 388 g/mol. The van der Waals surface area contributed by atoms with Gasteiger partial charge in [-0.25, -0.2) is 4.79 Å². The standard InChI is InChI=1S/C19H14ClNO4S/c1-11-5-7-12(8-6-11)17(22)21-15-10-16(18(23)24)26-19(15)25-14-4-2-3-13(20)9-14/h2-10H,1H3,(H,21,22)(H,23,24). The summed E-state index contributed by atoms with van der Waals surface area (Å²) < 4.78 is 5.73. The molecule has 0 spiro atoms. The minimum absolute atomic E-state index is 0.0567. The van der Waals surface area contributed by atoms with Crippen molar-refractivity contribution in [2.75, 3.05) is 5.32 Å². The summed E-state index contributed by atoms with van der Waals surface area (Å²) in [6, 6.07) is 15.1. The number of hydrogen-bond acceptors (Lipinski definition) is 4. The van der Waals surface area contributed by atoms with Gasteiger partial charge in [0.1, 0.15) is 10.6 Å². The fourth-order valence-corrected chi connectivity index (χ4v) is 3.18. The van der Waals surface area contributed by atoms with E-state index >= 15 is 0 Å². The molecule has 3 aromatic rings. The summed E-state index contributed by atoms with van der Waals surface area (Å²) in [6.45, 7) is 1.93. The molecule has 0 atom stereocenters. The van der Waals surface area contributed by atoms with Gasteiger partial charge >= 0.3 is 5.97 Å². The summed E-state index contributed by atoms with van der Waals surface area (Å²) in [4.78, 5) is 23.8. The van der Waals surface area contributed by atoms with Crippen molar-refractivity contribution in [3.05, 3.63) is 75.6 Å². The first-order chi connectivity index (χ1) is 12.4. The molecule has 3 rings (SSSR count). The van der Waals surface area contributed by atoms with E-state index in [1.165, 1.54) is 6.07 Å². The van der Waals surface area contributed by atoms with Gasteiger partial charge in [-0.1, -0.05) is 46.7 Å². The summed E-state index contributed by atoms with van der Waals surface area (Å²) in [5, 5.41) is 12.7. The van der Waals surface area contributed by atoms with Crippen LogP contribution in [0.15, 0.2) is 54.6 Å². The molecule has 0 saturated carbocycles. The van der Waals surface area contributed by atoms with Gasteiger partial charge < -0.3 is 15.2 Å². The molecule has 132 valence electrons. The minimum Gasteiger partial charge on any atom is -0.477 e. The number of anilines is 1. The van der Waals surface area contributed by atoms with Crippen LogP contribution in [0.1, 0.15) is 25.6 Å². The molecule has 0 saturated heterocycles. The van der Waals surface area contributed by atoms with Crippen LogP contribution >= 0.6 is 22.9 Å². The second kappa shape index (κ2) is 7.59. The highest BCUT2D eigenvalue weighted by atomic mass is 35.5. The van der Waals surface area contributed by atoms with Crippen LogP contribution < -0.4 is 10.1 Å². The number of carboxylic acids is 1. The van der Waals surface area contributed by atoms with Crippen molar-refractivity contribution >= 4 is 40.5 Å². The molecule has 0 unspecified atom stereocenters. The van der Waals surface area contributed by atoms with Gasteiger partial charge in [-0.2, -0.15) is 0 Å². The van der Waals surface area contributed by atoms with Crippen molar-refractivity contribution in [2.24, 2.45) is 0 Å². The molecular formula is C19H14ClNO4S. The minimum atomic E-state index is -1.10. The largest absolute Gasteiger partial charge is 0.477 e. The molecule has 0 aliphatic heterocycles. The van der Waals surface area contributed by atoms with Crippen LogP contribution in [0, 0.1) is 6.92 Å². The van der Waals surface area contributed by atoms with Crippen molar-refractivity contribution < 1.29 is 19.4 Å². The molecule has 1 heterocycles. The lowest BCUT2D eigenvalue weighted by atomic mass is 10.1. The molecule has 0 bridgehead atoms. The second-order valence-electron chi connectivity index (χ2n) is 5.50. The Morgan fingerprint density at radius 3 is 2.50 bits per heavy atom. The quantitative estimate of drug-likeness (QED) is 0.610. The number of aryl methyl sites for hydroxylation is 1. The maximum atomic E-state index is 12.4. The van der Waals surface area contributed by atoms with Crippen molar-refractivity contribution in [1.82, 2.24) is 0 Å². The van der Waals surface area contributed by atoms with Crippen molar-refractivity contribution in [3.8, 4) is 10.8 Å². The van der Waals surface area contributed by atoms with Gasteiger partial charge in [0.15, 0.2) is 0 Å². The molecule has 2 N–H and O–H groups in total. The van der Waals surface area contributed by atoms with Crippen molar-refractivity contribution in [3.63, 3.8) is 0 Å². The Morgan fingerprint density at radius 1 is 1.12 bits per heavy atom. The number of thiophene rings is 1. The number of nitrogens with one attached hydrogen (secondary N) is 1. The number of aromatic carboxylic acids is 1. The Bertz CT molecular complexity index is 966. The van der Waals surface area contributed by atoms with Gasteiger partial charge in [0.2, 0.25) is 5.06 Å². The highest BCUT2D eigenvalue weighted by Gasteiger charge is 2.18. The number of amides is 1. The zero-order valence-corrected chi connectivity index (χ0v) is 15.2. The average Bonchev–Trinajstić information content (AvgIpc) is 2.98. The Morgan fingerprint density at radius 2 is 1.85 bits per heavy atom. The zero-order valence-electron chi connectivity index (χ0n) is 13.7. The van der Waals surface area contributed by atoms with Gasteiger partial charge in [-0.3, -0.25) is 4.79 Å². The van der Waals surface area contributed by atoms with Crippen LogP contribution in [0.2, 0.25) is 5.02 Å².